The molecule has 0 heterocycles. The van der Waals surface area contributed by atoms with E-state index in [-0.39, 0.29) is 17.6 Å². The zero-order valence-electron chi connectivity index (χ0n) is 21.1. The molecule has 0 aliphatic rings. The lowest BCUT2D eigenvalue weighted by atomic mass is 10.0. The molecule has 0 saturated carbocycles. The van der Waals surface area contributed by atoms with Crippen LogP contribution in [0.25, 0.3) is 0 Å². The summed E-state index contributed by atoms with van der Waals surface area (Å²) in [6.45, 7) is 8.38. The number of carbonyl (C=O) groups is 2. The minimum absolute atomic E-state index is 0.0907. The van der Waals surface area contributed by atoms with Gasteiger partial charge in [0.05, 0.1) is 78.7 Å². The molecule has 0 aliphatic carbocycles. The maximum atomic E-state index is 11.9. The predicted molar refractivity (Wildman–Crippen MR) is 130 cm³/mol. The van der Waals surface area contributed by atoms with Crippen molar-refractivity contribution in [2.24, 2.45) is 11.5 Å². The van der Waals surface area contributed by atoms with Crippen LogP contribution in [0.15, 0.2) is 0 Å². The first-order valence-corrected chi connectivity index (χ1v) is 12.6. The number of rotatable bonds is 28. The number of unbranched alkanes of at least 4 members (excludes halogenated alkanes) is 1. The largest absolute Gasteiger partial charge is 0.379 e. The number of Topliss-reactive ketones (excluding diaryl/α,β-unsaturated/α-hetero) is 2. The van der Waals surface area contributed by atoms with Gasteiger partial charge in [-0.25, -0.2) is 0 Å². The molecule has 0 aromatic rings. The van der Waals surface area contributed by atoms with E-state index >= 15 is 0 Å². The lowest BCUT2D eigenvalue weighted by Gasteiger charge is -2.10. The first-order valence-electron chi connectivity index (χ1n) is 12.6. The SMILES string of the molecule is CCC(=O)CCOCCOCCOCCOCCOCCOCCCC(=O)C(N)CCCCN. The number of carbonyl (C=O) groups excluding carboxylic acids is 2. The van der Waals surface area contributed by atoms with E-state index < -0.39 is 0 Å². The number of ether oxygens (including phenoxy) is 6. The molecule has 0 aromatic heterocycles. The molecule has 0 bridgehead atoms. The molecule has 10 nitrogen and oxygen atoms in total. The third-order valence-corrected chi connectivity index (χ3v) is 4.87. The van der Waals surface area contributed by atoms with E-state index in [0.717, 1.165) is 12.8 Å². The minimum Gasteiger partial charge on any atom is -0.379 e. The topological polar surface area (TPSA) is 142 Å². The number of nitrogens with two attached hydrogens (primary N) is 2. The van der Waals surface area contributed by atoms with Crippen molar-refractivity contribution < 1.29 is 38.0 Å². The van der Waals surface area contributed by atoms with Crippen LogP contribution in [0, 0.1) is 0 Å². The van der Waals surface area contributed by atoms with E-state index in [2.05, 4.69) is 0 Å². The van der Waals surface area contributed by atoms with E-state index in [1.807, 2.05) is 6.92 Å². The summed E-state index contributed by atoms with van der Waals surface area (Å²) in [5.41, 5.74) is 11.3. The molecule has 1 unspecified atom stereocenters. The number of ketones is 2. The quantitative estimate of drug-likeness (QED) is 0.153. The molecule has 1 atom stereocenters. The molecule has 0 aliphatic heterocycles. The summed E-state index contributed by atoms with van der Waals surface area (Å²) >= 11 is 0. The zero-order chi connectivity index (χ0) is 25.1. The van der Waals surface area contributed by atoms with Crippen molar-refractivity contribution in [3.8, 4) is 0 Å². The molecule has 0 rings (SSSR count). The summed E-state index contributed by atoms with van der Waals surface area (Å²) in [5, 5.41) is 0. The lowest BCUT2D eigenvalue weighted by Crippen LogP contribution is -2.30. The third kappa shape index (κ3) is 24.2. The van der Waals surface area contributed by atoms with Gasteiger partial charge in [0.1, 0.15) is 11.6 Å². The Bertz CT molecular complexity index is 468. The summed E-state index contributed by atoms with van der Waals surface area (Å²) in [6.07, 6.45) is 4.64. The number of hydrogen-bond donors (Lipinski definition) is 2. The molecule has 0 fully saturated rings. The van der Waals surface area contributed by atoms with Gasteiger partial charge in [0.2, 0.25) is 0 Å². The molecule has 0 radical (unpaired) electrons. The van der Waals surface area contributed by atoms with E-state index in [9.17, 15) is 9.59 Å². The average Bonchev–Trinajstić information content (AvgIpc) is 2.84. The van der Waals surface area contributed by atoms with Crippen molar-refractivity contribution in [3.05, 3.63) is 0 Å². The van der Waals surface area contributed by atoms with Gasteiger partial charge in [-0.2, -0.15) is 0 Å². The standard InChI is InChI=1S/C24H48N2O8/c1-2-22(27)8-11-30-13-15-32-17-19-34-21-20-33-18-16-31-14-12-29-10-5-7-24(28)23(26)6-3-4-9-25/h23H,2-21,25-26H2,1H3. The Hall–Kier alpha value is -0.980. The Morgan fingerprint density at radius 2 is 1.06 bits per heavy atom. The molecule has 0 saturated heterocycles. The Morgan fingerprint density at radius 1 is 0.618 bits per heavy atom. The van der Waals surface area contributed by atoms with Crippen molar-refractivity contribution in [1.29, 1.82) is 0 Å². The minimum atomic E-state index is -0.381. The van der Waals surface area contributed by atoms with Crippen molar-refractivity contribution >= 4 is 11.6 Å². The monoisotopic (exact) mass is 492 g/mol. The molecule has 4 N–H and O–H groups in total. The van der Waals surface area contributed by atoms with Gasteiger partial charge in [-0.05, 0) is 25.8 Å². The highest BCUT2D eigenvalue weighted by molar-refractivity contribution is 5.83. The molecule has 202 valence electrons. The Morgan fingerprint density at radius 3 is 1.50 bits per heavy atom. The Kier molecular flexibility index (Phi) is 25.9. The molecular weight excluding hydrogens is 444 g/mol. The Labute approximate surface area is 205 Å². The number of hydrogen-bond acceptors (Lipinski definition) is 10. The van der Waals surface area contributed by atoms with Gasteiger partial charge in [0.15, 0.2) is 0 Å². The van der Waals surface area contributed by atoms with Gasteiger partial charge in [0.25, 0.3) is 0 Å². The second kappa shape index (κ2) is 26.6. The van der Waals surface area contributed by atoms with E-state index in [1.165, 1.54) is 0 Å². The predicted octanol–water partition coefficient (Wildman–Crippen LogP) is 1.26. The van der Waals surface area contributed by atoms with Crippen LogP contribution in [0.5, 0.6) is 0 Å². The maximum Gasteiger partial charge on any atom is 0.149 e. The fraction of sp³-hybridized carbons (Fsp3) is 0.917. The summed E-state index contributed by atoms with van der Waals surface area (Å²) in [6, 6.07) is -0.381. The van der Waals surface area contributed by atoms with Gasteiger partial charge in [-0.1, -0.05) is 13.3 Å². The van der Waals surface area contributed by atoms with Crippen LogP contribution in [0.4, 0.5) is 0 Å². The zero-order valence-corrected chi connectivity index (χ0v) is 21.1. The van der Waals surface area contributed by atoms with Gasteiger partial charge < -0.3 is 39.9 Å². The van der Waals surface area contributed by atoms with Crippen LogP contribution >= 0.6 is 0 Å². The maximum absolute atomic E-state index is 11.9. The van der Waals surface area contributed by atoms with E-state index in [0.29, 0.717) is 118 Å². The molecule has 10 heteroatoms. The van der Waals surface area contributed by atoms with Crippen LogP contribution in [-0.4, -0.2) is 103 Å². The fourth-order valence-corrected chi connectivity index (χ4v) is 2.77. The summed E-state index contributed by atoms with van der Waals surface area (Å²) in [7, 11) is 0. The lowest BCUT2D eigenvalue weighted by molar-refractivity contribution is -0.121. The second-order valence-electron chi connectivity index (χ2n) is 7.78. The Balaban J connectivity index is 3.18. The molecular formula is C24H48N2O8. The highest BCUT2D eigenvalue weighted by Crippen LogP contribution is 2.03. The van der Waals surface area contributed by atoms with E-state index in [1.54, 1.807) is 0 Å². The summed E-state index contributed by atoms with van der Waals surface area (Å²) < 4.78 is 32.4. The van der Waals surface area contributed by atoms with Crippen molar-refractivity contribution in [3.63, 3.8) is 0 Å². The van der Waals surface area contributed by atoms with Gasteiger partial charge in [-0.15, -0.1) is 0 Å². The summed E-state index contributed by atoms with van der Waals surface area (Å²) in [4.78, 5) is 23.0. The van der Waals surface area contributed by atoms with Crippen molar-refractivity contribution in [1.82, 2.24) is 0 Å². The molecule has 0 spiro atoms. The van der Waals surface area contributed by atoms with Crippen LogP contribution < -0.4 is 11.5 Å². The van der Waals surface area contributed by atoms with Crippen molar-refractivity contribution in [2.75, 3.05) is 85.8 Å². The second-order valence-corrected chi connectivity index (χ2v) is 7.78. The van der Waals surface area contributed by atoms with Crippen LogP contribution in [0.3, 0.4) is 0 Å². The molecule has 34 heavy (non-hydrogen) atoms. The normalized spacial score (nSPS) is 12.2. The first kappa shape index (κ1) is 33.0. The van der Waals surface area contributed by atoms with Crippen LogP contribution in [0.2, 0.25) is 0 Å². The van der Waals surface area contributed by atoms with Gasteiger partial charge in [-0.3, -0.25) is 9.59 Å². The highest BCUT2D eigenvalue weighted by Gasteiger charge is 2.12. The van der Waals surface area contributed by atoms with Crippen LogP contribution in [-0.2, 0) is 38.0 Å². The van der Waals surface area contributed by atoms with Crippen molar-refractivity contribution in [2.45, 2.75) is 57.9 Å². The van der Waals surface area contributed by atoms with Gasteiger partial charge >= 0.3 is 0 Å². The molecule has 0 amide bonds. The average molecular weight is 493 g/mol. The highest BCUT2D eigenvalue weighted by atomic mass is 16.6. The van der Waals surface area contributed by atoms with Gasteiger partial charge in [0, 0.05) is 25.9 Å². The molecule has 0 aromatic carbocycles. The van der Waals surface area contributed by atoms with E-state index in [4.69, 9.17) is 39.9 Å². The smallest absolute Gasteiger partial charge is 0.149 e. The fourth-order valence-electron chi connectivity index (χ4n) is 2.77. The van der Waals surface area contributed by atoms with Crippen LogP contribution in [0.1, 0.15) is 51.9 Å². The summed E-state index contributed by atoms with van der Waals surface area (Å²) in [5.74, 6) is 0.304. The third-order valence-electron chi connectivity index (χ3n) is 4.87. The first-order chi connectivity index (χ1) is 16.6.